The molecule has 1 N–H and O–H groups in total. The Balaban J connectivity index is 1.65. The molecule has 0 radical (unpaired) electrons. The normalized spacial score (nSPS) is 26.3. The van der Waals surface area contributed by atoms with Gasteiger partial charge in [0.2, 0.25) is 0 Å². The van der Waals surface area contributed by atoms with E-state index in [1.807, 2.05) is 0 Å². The summed E-state index contributed by atoms with van der Waals surface area (Å²) in [6, 6.07) is 7.05. The number of methoxy groups -OCH3 is 1. The number of benzene rings is 1. The fourth-order valence-electron chi connectivity index (χ4n) is 3.00. The minimum Gasteiger partial charge on any atom is -0.497 e. The Labute approximate surface area is 113 Å². The van der Waals surface area contributed by atoms with Crippen molar-refractivity contribution in [2.75, 3.05) is 19.4 Å². The molecule has 1 aliphatic carbocycles. The SMILES string of the molecule is COc1ccc2c(c1)C(NCC1CCCS1)CC2. The van der Waals surface area contributed by atoms with E-state index in [0.717, 1.165) is 17.5 Å². The molecule has 1 heterocycles. The molecule has 1 aromatic rings. The fraction of sp³-hybridized carbons (Fsp3) is 0.600. The van der Waals surface area contributed by atoms with E-state index in [9.17, 15) is 0 Å². The Morgan fingerprint density at radius 1 is 1.39 bits per heavy atom. The first-order chi connectivity index (χ1) is 8.86. The van der Waals surface area contributed by atoms with Crippen LogP contribution < -0.4 is 10.1 Å². The maximum absolute atomic E-state index is 5.33. The summed E-state index contributed by atoms with van der Waals surface area (Å²) in [6.45, 7) is 1.16. The highest BCUT2D eigenvalue weighted by molar-refractivity contribution is 8.00. The van der Waals surface area contributed by atoms with Crippen LogP contribution in [0, 0.1) is 0 Å². The molecule has 2 unspecified atom stereocenters. The topological polar surface area (TPSA) is 21.3 Å². The first kappa shape index (κ1) is 12.4. The first-order valence-corrected chi connectivity index (χ1v) is 7.93. The van der Waals surface area contributed by atoms with Gasteiger partial charge in [-0.1, -0.05) is 6.07 Å². The summed E-state index contributed by atoms with van der Waals surface area (Å²) < 4.78 is 5.33. The molecular weight excluding hydrogens is 242 g/mol. The smallest absolute Gasteiger partial charge is 0.119 e. The molecule has 3 heteroatoms. The van der Waals surface area contributed by atoms with Gasteiger partial charge in [-0.15, -0.1) is 0 Å². The molecular formula is C15H21NOS. The second-order valence-electron chi connectivity index (χ2n) is 5.20. The van der Waals surface area contributed by atoms with Crippen molar-refractivity contribution in [2.24, 2.45) is 0 Å². The predicted octanol–water partition coefficient (Wildman–Crippen LogP) is 3.17. The number of rotatable bonds is 4. The van der Waals surface area contributed by atoms with E-state index in [1.165, 1.54) is 42.6 Å². The van der Waals surface area contributed by atoms with E-state index < -0.39 is 0 Å². The third-order valence-electron chi connectivity index (χ3n) is 4.05. The van der Waals surface area contributed by atoms with E-state index in [2.05, 4.69) is 35.3 Å². The molecule has 2 nitrogen and oxygen atoms in total. The lowest BCUT2D eigenvalue weighted by Gasteiger charge is -2.17. The minimum absolute atomic E-state index is 0.538. The van der Waals surface area contributed by atoms with Crippen LogP contribution >= 0.6 is 11.8 Å². The van der Waals surface area contributed by atoms with Gasteiger partial charge in [-0.05, 0) is 54.7 Å². The summed E-state index contributed by atoms with van der Waals surface area (Å²) >= 11 is 2.13. The quantitative estimate of drug-likeness (QED) is 0.901. The number of hydrogen-bond donors (Lipinski definition) is 1. The lowest BCUT2D eigenvalue weighted by molar-refractivity contribution is 0.413. The van der Waals surface area contributed by atoms with Gasteiger partial charge in [0.05, 0.1) is 7.11 Å². The Morgan fingerprint density at radius 2 is 2.33 bits per heavy atom. The number of thioether (sulfide) groups is 1. The number of aryl methyl sites for hydroxylation is 1. The van der Waals surface area contributed by atoms with E-state index in [-0.39, 0.29) is 0 Å². The molecule has 1 aromatic carbocycles. The van der Waals surface area contributed by atoms with Crippen molar-refractivity contribution in [3.05, 3.63) is 29.3 Å². The monoisotopic (exact) mass is 263 g/mol. The van der Waals surface area contributed by atoms with Crippen LogP contribution in [-0.2, 0) is 6.42 Å². The average Bonchev–Trinajstić information content (AvgIpc) is 3.05. The van der Waals surface area contributed by atoms with Gasteiger partial charge in [-0.2, -0.15) is 11.8 Å². The van der Waals surface area contributed by atoms with Crippen LogP contribution in [0.2, 0.25) is 0 Å². The maximum Gasteiger partial charge on any atom is 0.119 e. The van der Waals surface area contributed by atoms with Crippen LogP contribution in [0.5, 0.6) is 5.75 Å². The zero-order valence-corrected chi connectivity index (χ0v) is 11.8. The number of nitrogens with one attached hydrogen (secondary N) is 1. The van der Waals surface area contributed by atoms with Crippen LogP contribution in [0.3, 0.4) is 0 Å². The Kier molecular flexibility index (Phi) is 3.80. The van der Waals surface area contributed by atoms with Crippen molar-refractivity contribution in [3.63, 3.8) is 0 Å². The van der Waals surface area contributed by atoms with Gasteiger partial charge >= 0.3 is 0 Å². The van der Waals surface area contributed by atoms with Crippen LogP contribution in [0.25, 0.3) is 0 Å². The third kappa shape index (κ3) is 2.52. The van der Waals surface area contributed by atoms with Gasteiger partial charge in [-0.25, -0.2) is 0 Å². The molecule has 0 amide bonds. The molecule has 1 aliphatic heterocycles. The number of fused-ring (bicyclic) bond motifs is 1. The molecule has 1 fully saturated rings. The lowest BCUT2D eigenvalue weighted by Crippen LogP contribution is -2.26. The molecule has 3 rings (SSSR count). The lowest BCUT2D eigenvalue weighted by atomic mass is 10.1. The van der Waals surface area contributed by atoms with Crippen molar-refractivity contribution in [2.45, 2.75) is 37.0 Å². The van der Waals surface area contributed by atoms with Crippen LogP contribution in [0.15, 0.2) is 18.2 Å². The molecule has 18 heavy (non-hydrogen) atoms. The van der Waals surface area contributed by atoms with Gasteiger partial charge in [-0.3, -0.25) is 0 Å². The van der Waals surface area contributed by atoms with E-state index in [1.54, 1.807) is 7.11 Å². The molecule has 0 spiro atoms. The fourth-order valence-corrected chi connectivity index (χ4v) is 4.21. The minimum atomic E-state index is 0.538. The second-order valence-corrected chi connectivity index (χ2v) is 6.61. The average molecular weight is 263 g/mol. The molecule has 0 bridgehead atoms. The van der Waals surface area contributed by atoms with Gasteiger partial charge in [0.15, 0.2) is 0 Å². The first-order valence-electron chi connectivity index (χ1n) is 6.88. The summed E-state index contributed by atoms with van der Waals surface area (Å²) in [4.78, 5) is 0. The summed E-state index contributed by atoms with van der Waals surface area (Å²) in [7, 11) is 1.74. The van der Waals surface area contributed by atoms with Gasteiger partial charge < -0.3 is 10.1 Å². The largest absolute Gasteiger partial charge is 0.497 e. The van der Waals surface area contributed by atoms with E-state index in [4.69, 9.17) is 4.74 Å². The van der Waals surface area contributed by atoms with Crippen LogP contribution in [0.4, 0.5) is 0 Å². The molecule has 1 saturated heterocycles. The predicted molar refractivity (Wildman–Crippen MR) is 77.5 cm³/mol. The van der Waals surface area contributed by atoms with Gasteiger partial charge in [0.25, 0.3) is 0 Å². The molecule has 0 saturated carbocycles. The Hall–Kier alpha value is -0.670. The van der Waals surface area contributed by atoms with Gasteiger partial charge in [0, 0.05) is 17.8 Å². The van der Waals surface area contributed by atoms with Crippen LogP contribution in [-0.4, -0.2) is 24.7 Å². The van der Waals surface area contributed by atoms with Crippen molar-refractivity contribution in [3.8, 4) is 5.75 Å². The van der Waals surface area contributed by atoms with Crippen molar-refractivity contribution >= 4 is 11.8 Å². The molecule has 2 atom stereocenters. The maximum atomic E-state index is 5.33. The third-order valence-corrected chi connectivity index (χ3v) is 5.44. The highest BCUT2D eigenvalue weighted by atomic mass is 32.2. The number of hydrogen-bond acceptors (Lipinski definition) is 3. The molecule has 0 aromatic heterocycles. The van der Waals surface area contributed by atoms with E-state index >= 15 is 0 Å². The molecule has 2 aliphatic rings. The van der Waals surface area contributed by atoms with Gasteiger partial charge in [0.1, 0.15) is 5.75 Å². The van der Waals surface area contributed by atoms with Crippen molar-refractivity contribution < 1.29 is 4.74 Å². The zero-order valence-electron chi connectivity index (χ0n) is 10.9. The highest BCUT2D eigenvalue weighted by Crippen LogP contribution is 2.34. The van der Waals surface area contributed by atoms with Crippen molar-refractivity contribution in [1.82, 2.24) is 5.32 Å². The summed E-state index contributed by atoms with van der Waals surface area (Å²) in [5, 5.41) is 4.59. The zero-order chi connectivity index (χ0) is 12.4. The standard InChI is InChI=1S/C15H21NOS/c1-17-12-6-4-11-5-7-15(14(11)9-12)16-10-13-3-2-8-18-13/h4,6,9,13,15-16H,2-3,5,7-8,10H2,1H3. The van der Waals surface area contributed by atoms with Crippen molar-refractivity contribution in [1.29, 1.82) is 0 Å². The van der Waals surface area contributed by atoms with Crippen LogP contribution in [0.1, 0.15) is 36.4 Å². The summed E-state index contributed by atoms with van der Waals surface area (Å²) in [5.74, 6) is 2.33. The van der Waals surface area contributed by atoms with E-state index in [0.29, 0.717) is 6.04 Å². The summed E-state index contributed by atoms with van der Waals surface area (Å²) in [6.07, 6.45) is 5.22. The summed E-state index contributed by atoms with van der Waals surface area (Å²) in [5.41, 5.74) is 2.95. The molecule has 98 valence electrons. The Morgan fingerprint density at radius 3 is 3.11 bits per heavy atom. The number of ether oxygens (including phenoxy) is 1. The Bertz CT molecular complexity index is 415. The highest BCUT2D eigenvalue weighted by Gasteiger charge is 2.24. The second kappa shape index (κ2) is 5.54.